The molecule has 0 aromatic heterocycles. The molecule has 5 heteroatoms. The number of benzene rings is 1. The molecule has 4 rings (SSSR count). The Labute approximate surface area is 128 Å². The van der Waals surface area contributed by atoms with Crippen LogP contribution in [0.25, 0.3) is 0 Å². The number of carboxylic acids is 1. The molecule has 4 unspecified atom stereocenters. The Morgan fingerprint density at radius 1 is 1.41 bits per heavy atom. The van der Waals surface area contributed by atoms with Crippen molar-refractivity contribution in [1.29, 1.82) is 0 Å². The summed E-state index contributed by atoms with van der Waals surface area (Å²) in [4.78, 5) is 25.9. The third kappa shape index (κ3) is 1.75. The molecule has 3 aliphatic rings. The number of hydrogen-bond donors (Lipinski definition) is 1. The molecule has 0 saturated carbocycles. The van der Waals surface area contributed by atoms with Crippen LogP contribution in [-0.4, -0.2) is 40.1 Å². The molecule has 1 N–H and O–H groups in total. The summed E-state index contributed by atoms with van der Waals surface area (Å²) in [6, 6.07) is 8.02. The Morgan fingerprint density at radius 3 is 2.82 bits per heavy atom. The average Bonchev–Trinajstić information content (AvgIpc) is 3.10. The maximum Gasteiger partial charge on any atom is 0.310 e. The molecule has 3 heterocycles. The highest BCUT2D eigenvalue weighted by Gasteiger charge is 2.66. The standard InChI is InChI=1S/C17H17NO4/c1-10-2-4-11(5-3-10)8-18-9-17-7-6-12(22-17)13(16(20)21)14(17)15(18)19/h2-7,12-14H,8-9H2,1H3,(H,20,21). The molecule has 2 fully saturated rings. The van der Waals surface area contributed by atoms with Crippen LogP contribution in [0.1, 0.15) is 11.1 Å². The number of carbonyl (C=O) groups is 2. The van der Waals surface area contributed by atoms with E-state index >= 15 is 0 Å². The van der Waals surface area contributed by atoms with E-state index in [1.54, 1.807) is 11.0 Å². The number of fused-ring (bicyclic) bond motifs is 1. The Hall–Kier alpha value is -2.14. The molecule has 22 heavy (non-hydrogen) atoms. The first kappa shape index (κ1) is 13.5. The summed E-state index contributed by atoms with van der Waals surface area (Å²) in [5, 5.41) is 9.42. The fourth-order valence-electron chi connectivity index (χ4n) is 3.91. The maximum absolute atomic E-state index is 12.7. The molecule has 5 nitrogen and oxygen atoms in total. The van der Waals surface area contributed by atoms with Gasteiger partial charge in [-0.2, -0.15) is 0 Å². The first-order chi connectivity index (χ1) is 10.5. The lowest BCUT2D eigenvalue weighted by Gasteiger charge is -2.21. The number of amides is 1. The highest BCUT2D eigenvalue weighted by molar-refractivity contribution is 5.90. The van der Waals surface area contributed by atoms with Crippen LogP contribution in [0.4, 0.5) is 0 Å². The second-order valence-electron chi connectivity index (χ2n) is 6.42. The molecule has 2 bridgehead atoms. The minimum atomic E-state index is -0.952. The quantitative estimate of drug-likeness (QED) is 0.856. The van der Waals surface area contributed by atoms with Crippen molar-refractivity contribution in [3.63, 3.8) is 0 Å². The van der Waals surface area contributed by atoms with Gasteiger partial charge in [-0.05, 0) is 12.5 Å². The summed E-state index contributed by atoms with van der Waals surface area (Å²) in [5.41, 5.74) is 1.47. The largest absolute Gasteiger partial charge is 0.481 e. The fourth-order valence-corrected chi connectivity index (χ4v) is 3.91. The molecule has 4 atom stereocenters. The molecule has 114 valence electrons. The summed E-state index contributed by atoms with van der Waals surface area (Å²) in [7, 11) is 0. The normalized spacial score (nSPS) is 35.2. The lowest BCUT2D eigenvalue weighted by atomic mass is 9.77. The van der Waals surface area contributed by atoms with E-state index in [2.05, 4.69) is 0 Å². The molecular weight excluding hydrogens is 282 g/mol. The third-order valence-electron chi connectivity index (χ3n) is 4.96. The lowest BCUT2D eigenvalue weighted by Crippen LogP contribution is -2.39. The van der Waals surface area contributed by atoms with E-state index in [9.17, 15) is 14.7 Å². The summed E-state index contributed by atoms with van der Waals surface area (Å²) in [6.45, 7) is 2.94. The summed E-state index contributed by atoms with van der Waals surface area (Å²) in [6.07, 6.45) is 3.21. The zero-order valence-electron chi connectivity index (χ0n) is 12.2. The van der Waals surface area contributed by atoms with E-state index in [0.29, 0.717) is 13.1 Å². The first-order valence-electron chi connectivity index (χ1n) is 7.44. The van der Waals surface area contributed by atoms with E-state index in [0.717, 1.165) is 5.56 Å². The number of nitrogens with zero attached hydrogens (tertiary/aromatic N) is 1. The van der Waals surface area contributed by atoms with Crippen LogP contribution < -0.4 is 0 Å². The van der Waals surface area contributed by atoms with Crippen molar-refractivity contribution in [3.05, 3.63) is 47.5 Å². The Bertz CT molecular complexity index is 680. The van der Waals surface area contributed by atoms with Gasteiger partial charge < -0.3 is 14.7 Å². The fraction of sp³-hybridized carbons (Fsp3) is 0.412. The lowest BCUT2D eigenvalue weighted by molar-refractivity contribution is -0.148. The number of likely N-dealkylation sites (tertiary alicyclic amines) is 1. The first-order valence-corrected chi connectivity index (χ1v) is 7.44. The van der Waals surface area contributed by atoms with Crippen molar-refractivity contribution in [2.45, 2.75) is 25.2 Å². The number of hydrogen-bond acceptors (Lipinski definition) is 3. The number of aliphatic carboxylic acids is 1. The van der Waals surface area contributed by atoms with Crippen LogP contribution in [0.5, 0.6) is 0 Å². The Kier molecular flexibility index (Phi) is 2.72. The summed E-state index contributed by atoms with van der Waals surface area (Å²) < 4.78 is 5.86. The van der Waals surface area contributed by atoms with Gasteiger partial charge in [-0.1, -0.05) is 42.0 Å². The molecule has 1 spiro atoms. The van der Waals surface area contributed by atoms with Crippen molar-refractivity contribution in [3.8, 4) is 0 Å². The molecule has 0 aliphatic carbocycles. The Morgan fingerprint density at radius 2 is 2.14 bits per heavy atom. The van der Waals surface area contributed by atoms with Crippen molar-refractivity contribution >= 4 is 11.9 Å². The Balaban J connectivity index is 1.61. The maximum atomic E-state index is 12.7. The second kappa shape index (κ2) is 4.43. The number of ether oxygens (including phenoxy) is 1. The van der Waals surface area contributed by atoms with Gasteiger partial charge in [0.1, 0.15) is 11.5 Å². The van der Waals surface area contributed by atoms with Gasteiger partial charge in [0.05, 0.1) is 18.6 Å². The highest BCUT2D eigenvalue weighted by atomic mass is 16.5. The number of carbonyl (C=O) groups excluding carboxylic acids is 1. The van der Waals surface area contributed by atoms with Gasteiger partial charge in [-0.15, -0.1) is 0 Å². The molecule has 1 aromatic rings. The molecule has 2 saturated heterocycles. The van der Waals surface area contributed by atoms with Crippen molar-refractivity contribution in [2.24, 2.45) is 11.8 Å². The van der Waals surface area contributed by atoms with Gasteiger partial charge in [0.15, 0.2) is 0 Å². The van der Waals surface area contributed by atoms with E-state index < -0.39 is 29.5 Å². The number of aryl methyl sites for hydroxylation is 1. The van der Waals surface area contributed by atoms with Gasteiger partial charge in [0.2, 0.25) is 5.91 Å². The highest BCUT2D eigenvalue weighted by Crippen LogP contribution is 2.52. The van der Waals surface area contributed by atoms with Gasteiger partial charge in [-0.25, -0.2) is 0 Å². The van der Waals surface area contributed by atoms with Crippen LogP contribution in [0.15, 0.2) is 36.4 Å². The van der Waals surface area contributed by atoms with Gasteiger partial charge >= 0.3 is 5.97 Å². The zero-order valence-corrected chi connectivity index (χ0v) is 12.2. The average molecular weight is 299 g/mol. The van der Waals surface area contributed by atoms with Gasteiger partial charge in [0.25, 0.3) is 0 Å². The van der Waals surface area contributed by atoms with Crippen LogP contribution in [0, 0.1) is 18.8 Å². The van der Waals surface area contributed by atoms with E-state index in [-0.39, 0.29) is 5.91 Å². The molecule has 1 aromatic carbocycles. The van der Waals surface area contributed by atoms with Crippen LogP contribution in [0.2, 0.25) is 0 Å². The van der Waals surface area contributed by atoms with Gasteiger partial charge in [-0.3, -0.25) is 9.59 Å². The molecular formula is C17H17NO4. The summed E-state index contributed by atoms with van der Waals surface area (Å²) in [5.74, 6) is -2.42. The topological polar surface area (TPSA) is 66.8 Å². The van der Waals surface area contributed by atoms with E-state index in [1.165, 1.54) is 5.56 Å². The minimum absolute atomic E-state index is 0.111. The van der Waals surface area contributed by atoms with Crippen molar-refractivity contribution < 1.29 is 19.4 Å². The summed E-state index contributed by atoms with van der Waals surface area (Å²) >= 11 is 0. The predicted octanol–water partition coefficient (Wildman–Crippen LogP) is 1.36. The van der Waals surface area contributed by atoms with Crippen molar-refractivity contribution in [2.75, 3.05) is 6.54 Å². The SMILES string of the molecule is Cc1ccc(CN2CC34C=CC(O3)C(C(=O)O)C4C2=O)cc1. The van der Waals surface area contributed by atoms with Crippen LogP contribution >= 0.6 is 0 Å². The van der Waals surface area contributed by atoms with E-state index in [4.69, 9.17) is 4.74 Å². The number of rotatable bonds is 3. The third-order valence-corrected chi connectivity index (χ3v) is 4.96. The monoisotopic (exact) mass is 299 g/mol. The van der Waals surface area contributed by atoms with Gasteiger partial charge in [0, 0.05) is 6.54 Å². The molecule has 3 aliphatic heterocycles. The molecule has 1 amide bonds. The molecule has 0 radical (unpaired) electrons. The zero-order chi connectivity index (χ0) is 15.5. The second-order valence-corrected chi connectivity index (χ2v) is 6.42. The predicted molar refractivity (Wildman–Crippen MR) is 78.0 cm³/mol. The van der Waals surface area contributed by atoms with Crippen LogP contribution in [-0.2, 0) is 20.9 Å². The minimum Gasteiger partial charge on any atom is -0.481 e. The van der Waals surface area contributed by atoms with Crippen LogP contribution in [0.3, 0.4) is 0 Å². The van der Waals surface area contributed by atoms with Crippen molar-refractivity contribution in [1.82, 2.24) is 4.90 Å². The van der Waals surface area contributed by atoms with E-state index in [1.807, 2.05) is 37.3 Å². The number of carboxylic acid groups (broad SMARTS) is 1. The smallest absolute Gasteiger partial charge is 0.310 e.